The van der Waals surface area contributed by atoms with Crippen LogP contribution in [0.4, 0.5) is 4.79 Å². The summed E-state index contributed by atoms with van der Waals surface area (Å²) in [6.45, 7) is 24.5. The first-order chi connectivity index (χ1) is 31.2. The molecule has 1 aliphatic rings. The lowest BCUT2D eigenvalue weighted by atomic mass is 9.99. The number of rotatable bonds is 22. The molecule has 372 valence electrons. The molecule has 0 spiro atoms. The summed E-state index contributed by atoms with van der Waals surface area (Å²) in [6, 6.07) is 15.0. The summed E-state index contributed by atoms with van der Waals surface area (Å²) in [5, 5.41) is 30.6. The fourth-order valence-corrected chi connectivity index (χ4v) is 9.66. The van der Waals surface area contributed by atoms with Gasteiger partial charge in [0.15, 0.2) is 22.9 Å². The van der Waals surface area contributed by atoms with Crippen molar-refractivity contribution < 1.29 is 47.7 Å². The number of aliphatic hydroxyl groups is 1. The number of amides is 2. The Balaban J connectivity index is 1.61. The monoisotopic (exact) mass is 969 g/mol. The van der Waals surface area contributed by atoms with Crippen LogP contribution in [0.3, 0.4) is 0 Å². The first-order valence-corrected chi connectivity index (χ1v) is 28.8. The molecule has 3 aromatic rings. The van der Waals surface area contributed by atoms with E-state index in [0.29, 0.717) is 17.7 Å². The number of ether oxygens (including phenoxy) is 3. The molecular weight excluding hydrogens is 895 g/mol. The Morgan fingerprint density at radius 2 is 1.43 bits per heavy atom. The van der Waals surface area contributed by atoms with E-state index in [1.165, 1.54) is 16.8 Å². The second-order valence-corrected chi connectivity index (χ2v) is 30.3. The minimum Gasteiger partial charge on any atom is -0.497 e. The first-order valence-electron chi connectivity index (χ1n) is 23.0. The van der Waals surface area contributed by atoms with Crippen LogP contribution in [0, 0.1) is 5.92 Å². The molecule has 1 saturated heterocycles. The zero-order chi connectivity index (χ0) is 50.1. The molecule has 67 heavy (non-hydrogen) atoms. The molecule has 0 radical (unpaired) electrons. The number of hydrogen-bond donors (Lipinski definition) is 5. The predicted octanol–water partition coefficient (Wildman–Crippen LogP) is 6.00. The van der Waals surface area contributed by atoms with Gasteiger partial charge in [-0.2, -0.15) is 0 Å². The molecule has 5 N–H and O–H groups in total. The molecule has 1 fully saturated rings. The summed E-state index contributed by atoms with van der Waals surface area (Å²) in [4.78, 5) is 66.8. The smallest absolute Gasteiger partial charge is 0.408 e. The molecule has 0 aliphatic carbocycles. The third-order valence-corrected chi connectivity index (χ3v) is 22.0. The average molecular weight is 970 g/mol. The molecule has 4 rings (SSSR count). The Labute approximate surface area is 397 Å². The molecule has 1 unspecified atom stereocenters. The summed E-state index contributed by atoms with van der Waals surface area (Å²) < 4.78 is 33.9. The van der Waals surface area contributed by atoms with Crippen LogP contribution in [0.25, 0.3) is 0 Å². The van der Waals surface area contributed by atoms with Crippen molar-refractivity contribution >= 4 is 34.6 Å². The zero-order valence-corrected chi connectivity index (χ0v) is 43.6. The predicted molar refractivity (Wildman–Crippen MR) is 261 cm³/mol. The van der Waals surface area contributed by atoms with Crippen molar-refractivity contribution in [2.45, 2.75) is 160 Å². The third-order valence-electron chi connectivity index (χ3n) is 13.1. The topological polar surface area (TPSA) is 218 Å². The van der Waals surface area contributed by atoms with Crippen molar-refractivity contribution in [3.8, 4) is 5.75 Å². The number of aliphatic hydroxyl groups excluding tert-OH is 1. The summed E-state index contributed by atoms with van der Waals surface area (Å²) in [7, 11) is -3.95. The quantitative estimate of drug-likeness (QED) is 0.0578. The summed E-state index contributed by atoms with van der Waals surface area (Å²) >= 11 is 0. The summed E-state index contributed by atoms with van der Waals surface area (Å²) in [5.74, 6) is -1.10. The number of alkyl carbamates (subject to hydrolysis) is 1. The number of methoxy groups -OCH3 is 1. The van der Waals surface area contributed by atoms with Gasteiger partial charge in [0.1, 0.15) is 48.9 Å². The lowest BCUT2D eigenvalue weighted by molar-refractivity contribution is -0.149. The van der Waals surface area contributed by atoms with Gasteiger partial charge >= 0.3 is 17.8 Å². The van der Waals surface area contributed by atoms with Crippen LogP contribution in [-0.2, 0) is 41.1 Å². The van der Waals surface area contributed by atoms with E-state index >= 15 is 0 Å². The maximum Gasteiger partial charge on any atom is 0.408 e. The number of nitrogens with zero attached hydrogens (tertiary/aromatic N) is 2. The van der Waals surface area contributed by atoms with Gasteiger partial charge in [-0.15, -0.1) is 0 Å². The Hall–Kier alpha value is -4.64. The fraction of sp³-hybridized carbons (Fsp3) is 0.604. The van der Waals surface area contributed by atoms with Crippen molar-refractivity contribution in [3.05, 3.63) is 98.8 Å². The van der Waals surface area contributed by atoms with E-state index in [1.807, 2.05) is 70.4 Å². The number of carboxylic acids is 1. The SMILES string of the molecule is COc1ccc(Cn2c(=O)ccn([C@@H]3O[C@H](C(O)[C@H](NCCCNC(=O)[C@@H](CC(C)C)NC(=O)OCc4ccccc4)C(=O)O)[C@@H](O[Si](C)(C)C(C)(C)C)[C@H]3O[Si](C)(C)C(C)(C)C)c2=O)cc1. The van der Waals surface area contributed by atoms with Crippen LogP contribution < -0.4 is 31.9 Å². The highest BCUT2D eigenvalue weighted by atomic mass is 28.4. The second kappa shape index (κ2) is 23.1. The van der Waals surface area contributed by atoms with E-state index in [1.54, 1.807) is 31.4 Å². The Kier molecular flexibility index (Phi) is 19.0. The molecule has 1 aliphatic heterocycles. The number of carbonyl (C=O) groups excluding carboxylic acids is 2. The number of aliphatic carboxylic acids is 1. The van der Waals surface area contributed by atoms with Gasteiger partial charge in [0.2, 0.25) is 5.91 Å². The van der Waals surface area contributed by atoms with Crippen molar-refractivity contribution in [1.29, 1.82) is 0 Å². The number of benzene rings is 2. The van der Waals surface area contributed by atoms with E-state index in [4.69, 9.17) is 23.1 Å². The van der Waals surface area contributed by atoms with E-state index in [-0.39, 0.29) is 48.7 Å². The highest BCUT2D eigenvalue weighted by Crippen LogP contribution is 2.46. The maximum absolute atomic E-state index is 14.5. The summed E-state index contributed by atoms with van der Waals surface area (Å²) in [5.41, 5.74) is 0.245. The molecule has 17 nitrogen and oxygen atoms in total. The van der Waals surface area contributed by atoms with Crippen LogP contribution in [0.15, 0.2) is 76.4 Å². The van der Waals surface area contributed by atoms with Crippen molar-refractivity contribution in [1.82, 2.24) is 25.1 Å². The third kappa shape index (κ3) is 14.7. The second-order valence-electron chi connectivity index (χ2n) is 20.7. The van der Waals surface area contributed by atoms with Gasteiger partial charge in [0, 0.05) is 18.8 Å². The van der Waals surface area contributed by atoms with E-state index in [2.05, 4.69) is 57.5 Å². The highest BCUT2D eigenvalue weighted by molar-refractivity contribution is 6.74. The Morgan fingerprint density at radius 1 is 0.836 bits per heavy atom. The lowest BCUT2D eigenvalue weighted by Crippen LogP contribution is -2.59. The number of nitrogens with one attached hydrogen (secondary N) is 3. The van der Waals surface area contributed by atoms with Gasteiger partial charge in [0.25, 0.3) is 5.56 Å². The molecule has 2 aromatic carbocycles. The summed E-state index contributed by atoms with van der Waals surface area (Å²) in [6.07, 6.45) is -5.16. The van der Waals surface area contributed by atoms with Crippen LogP contribution in [-0.4, -0.2) is 111 Å². The number of hydrogen-bond acceptors (Lipinski definition) is 12. The first kappa shape index (κ1) is 55.0. The number of aromatic nitrogens is 2. The fourth-order valence-electron chi connectivity index (χ4n) is 7.08. The molecule has 2 heterocycles. The maximum atomic E-state index is 14.5. The highest BCUT2D eigenvalue weighted by Gasteiger charge is 2.57. The molecule has 7 atom stereocenters. The van der Waals surface area contributed by atoms with Crippen LogP contribution in [0.1, 0.15) is 85.6 Å². The minimum absolute atomic E-state index is 0.0450. The van der Waals surface area contributed by atoms with Crippen LogP contribution in [0.2, 0.25) is 36.3 Å². The molecule has 1 aromatic heterocycles. The molecule has 0 bridgehead atoms. The van der Waals surface area contributed by atoms with Crippen LogP contribution >= 0.6 is 0 Å². The van der Waals surface area contributed by atoms with Crippen molar-refractivity contribution in [2.75, 3.05) is 20.2 Å². The Bertz CT molecular complexity index is 2220. The standard InChI is InChI=1S/C48H75N5O12Si2/c1-31(2)28-35(51-45(59)62-30-33-18-15-14-16-19-33)42(56)50-26-17-25-49-37(44(57)58)38(55)39-40(64-66(10,11)47(3,4)5)41(65-67(12,13)48(6,7)8)43(63-39)52-27-24-36(54)53(46(52)60)29-32-20-22-34(61-9)23-21-32/h14-16,18-24,27,31,35,37-41,43,49,55H,17,25-26,28-30H2,1-13H3,(H,50,56)(H,51,59)(H,57,58)/t35-,37+,38?,39-,40-,41-,43-/m1/s1. The molecular formula is C48H75N5O12Si2. The van der Waals surface area contributed by atoms with Gasteiger partial charge in [-0.25, -0.2) is 9.59 Å². The van der Waals surface area contributed by atoms with Gasteiger partial charge in [-0.05, 0) is 84.8 Å². The zero-order valence-electron chi connectivity index (χ0n) is 41.6. The minimum atomic E-state index is -2.75. The van der Waals surface area contributed by atoms with E-state index < -0.39 is 88.6 Å². The lowest BCUT2D eigenvalue weighted by Gasteiger charge is -2.44. The van der Waals surface area contributed by atoms with Gasteiger partial charge in [0.05, 0.1) is 13.7 Å². The van der Waals surface area contributed by atoms with E-state index in [0.717, 1.165) is 10.1 Å². The molecule has 0 saturated carbocycles. The Morgan fingerprint density at radius 3 is 1.99 bits per heavy atom. The van der Waals surface area contributed by atoms with Crippen molar-refractivity contribution in [3.63, 3.8) is 0 Å². The average Bonchev–Trinajstić information content (AvgIpc) is 3.57. The van der Waals surface area contributed by atoms with E-state index in [9.17, 15) is 34.2 Å². The van der Waals surface area contributed by atoms with Gasteiger partial charge in [-0.1, -0.05) is 97.9 Å². The molecule has 2 amide bonds. The van der Waals surface area contributed by atoms with Crippen LogP contribution in [0.5, 0.6) is 5.75 Å². The number of carbonyl (C=O) groups is 3. The number of carboxylic acid groups (broad SMARTS) is 1. The van der Waals surface area contributed by atoms with Gasteiger partial charge < -0.3 is 49.2 Å². The molecule has 19 heteroatoms. The normalized spacial score (nSPS) is 19.4. The van der Waals surface area contributed by atoms with Crippen molar-refractivity contribution in [2.24, 2.45) is 5.92 Å². The largest absolute Gasteiger partial charge is 0.497 e. The van der Waals surface area contributed by atoms with Gasteiger partial charge in [-0.3, -0.25) is 23.5 Å².